The van der Waals surface area contributed by atoms with Crippen LogP contribution in [0.15, 0.2) is 35.5 Å². The van der Waals surface area contributed by atoms with Gasteiger partial charge in [0.2, 0.25) is 0 Å². The van der Waals surface area contributed by atoms with E-state index in [2.05, 4.69) is 10.2 Å². The Hall–Kier alpha value is -2.83. The second kappa shape index (κ2) is 4.93. The summed E-state index contributed by atoms with van der Waals surface area (Å²) < 4.78 is 8.51. The van der Waals surface area contributed by atoms with E-state index in [9.17, 15) is 9.59 Å². The van der Waals surface area contributed by atoms with E-state index in [4.69, 9.17) is 4.74 Å². The van der Waals surface area contributed by atoms with Gasteiger partial charge in [-0.3, -0.25) is 4.79 Å². The lowest BCUT2D eigenvalue weighted by atomic mass is 10.1. The van der Waals surface area contributed by atoms with Crippen LogP contribution in [0, 0.1) is 0 Å². The quantitative estimate of drug-likeness (QED) is 0.724. The molecule has 0 bridgehead atoms. The third kappa shape index (κ3) is 2.22. The van der Waals surface area contributed by atoms with Gasteiger partial charge < -0.3 is 13.9 Å². The minimum atomic E-state index is -0.521. The van der Waals surface area contributed by atoms with Crippen LogP contribution >= 0.6 is 0 Å². The van der Waals surface area contributed by atoms with Crippen LogP contribution in [0.4, 0.5) is 0 Å². The summed E-state index contributed by atoms with van der Waals surface area (Å²) in [6, 6.07) is 3.91. The molecule has 0 radical (unpaired) electrons. The van der Waals surface area contributed by atoms with Crippen molar-refractivity contribution in [3.8, 4) is 11.3 Å². The summed E-state index contributed by atoms with van der Waals surface area (Å²) in [6.07, 6.45) is 5.26. The maximum atomic E-state index is 11.9. The maximum Gasteiger partial charge on any atom is 0.341 e. The molecule has 2 aliphatic rings. The van der Waals surface area contributed by atoms with Gasteiger partial charge in [-0.05, 0) is 12.1 Å². The highest BCUT2D eigenvalue weighted by atomic mass is 16.5. The first kappa shape index (κ1) is 13.2. The van der Waals surface area contributed by atoms with Gasteiger partial charge in [-0.2, -0.15) is 5.10 Å². The zero-order valence-corrected chi connectivity index (χ0v) is 11.7. The van der Waals surface area contributed by atoms with Crippen LogP contribution in [0.3, 0.4) is 0 Å². The zero-order chi connectivity index (χ0) is 15.0. The summed E-state index contributed by atoms with van der Waals surface area (Å²) in [5.41, 5.74) is 1.69. The van der Waals surface area contributed by atoms with Crippen molar-refractivity contribution in [1.29, 1.82) is 0 Å². The molecule has 0 unspecified atom stereocenters. The van der Waals surface area contributed by atoms with Crippen LogP contribution in [0.25, 0.3) is 11.3 Å². The number of aromatic nitrogens is 4. The van der Waals surface area contributed by atoms with E-state index in [1.165, 1.54) is 7.11 Å². The summed E-state index contributed by atoms with van der Waals surface area (Å²) in [7, 11) is 3.24. The molecule has 7 nitrogen and oxygen atoms in total. The van der Waals surface area contributed by atoms with Crippen molar-refractivity contribution in [1.82, 2.24) is 19.3 Å². The van der Waals surface area contributed by atoms with Crippen molar-refractivity contribution in [3.63, 3.8) is 0 Å². The zero-order valence-electron chi connectivity index (χ0n) is 11.7. The summed E-state index contributed by atoms with van der Waals surface area (Å²) in [4.78, 5) is 23.6. The molecule has 0 saturated carbocycles. The van der Waals surface area contributed by atoms with Crippen LogP contribution < -0.4 is 5.56 Å². The van der Waals surface area contributed by atoms with Gasteiger partial charge in [0.15, 0.2) is 0 Å². The van der Waals surface area contributed by atoms with E-state index < -0.39 is 5.97 Å². The summed E-state index contributed by atoms with van der Waals surface area (Å²) >= 11 is 0. The van der Waals surface area contributed by atoms with Crippen molar-refractivity contribution in [3.05, 3.63) is 52.3 Å². The van der Waals surface area contributed by atoms with Crippen LogP contribution in [0.2, 0.25) is 0 Å². The third-order valence-electron chi connectivity index (χ3n) is 3.42. The average molecular weight is 286 g/mol. The van der Waals surface area contributed by atoms with Crippen molar-refractivity contribution >= 4 is 5.97 Å². The third-order valence-corrected chi connectivity index (χ3v) is 3.42. The predicted molar refractivity (Wildman–Crippen MR) is 75.3 cm³/mol. The smallest absolute Gasteiger partial charge is 0.341 e. The van der Waals surface area contributed by atoms with E-state index in [0.29, 0.717) is 17.8 Å². The fraction of sp³-hybridized carbons (Fsp3) is 0.214. The molecule has 7 heteroatoms. The fourth-order valence-electron chi connectivity index (χ4n) is 2.29. The van der Waals surface area contributed by atoms with E-state index in [1.807, 2.05) is 29.9 Å². The first-order valence-corrected chi connectivity index (χ1v) is 6.37. The second-order valence-electron chi connectivity index (χ2n) is 4.76. The molecular formula is C14H14N4O3. The molecular weight excluding hydrogens is 272 g/mol. The number of carbonyl (C=O) groups is 1. The molecule has 1 N–H and O–H groups in total. The van der Waals surface area contributed by atoms with Crippen molar-refractivity contribution in [2.75, 3.05) is 7.11 Å². The predicted octanol–water partition coefficient (Wildman–Crippen LogP) is 0.850. The minimum Gasteiger partial charge on any atom is -0.465 e. The van der Waals surface area contributed by atoms with Gasteiger partial charge in [0.05, 0.1) is 19.2 Å². The topological polar surface area (TPSA) is 81.9 Å². The highest BCUT2D eigenvalue weighted by Crippen LogP contribution is 2.21. The lowest BCUT2D eigenvalue weighted by molar-refractivity contribution is 0.0600. The number of pyridine rings is 1. The number of fused-ring (bicyclic) bond motifs is 1. The number of hydrogen-bond acceptors (Lipinski definition) is 4. The van der Waals surface area contributed by atoms with Gasteiger partial charge in [0.25, 0.3) is 5.56 Å². The maximum absolute atomic E-state index is 11.9. The van der Waals surface area contributed by atoms with Crippen molar-refractivity contribution in [2.24, 2.45) is 7.05 Å². The van der Waals surface area contributed by atoms with E-state index >= 15 is 0 Å². The van der Waals surface area contributed by atoms with Crippen molar-refractivity contribution in [2.45, 2.75) is 6.54 Å². The molecule has 3 rings (SSSR count). The Bertz CT molecular complexity index is 827. The standard InChI is InChI=1S/C14H14N4O3/c1-17-5-3-4-9(17)6-18-7-10-12(15-16-13(10)19)11(8-18)14(20)21-2/h3-5,7-8H,6H2,1-2H3,(H,16,19). The second-order valence-corrected chi connectivity index (χ2v) is 4.76. The first-order valence-electron chi connectivity index (χ1n) is 6.37. The number of aromatic amines is 1. The summed E-state index contributed by atoms with van der Waals surface area (Å²) in [5, 5.41) is 6.25. The molecule has 0 atom stereocenters. The van der Waals surface area contributed by atoms with Gasteiger partial charge in [0.1, 0.15) is 11.3 Å². The number of carbonyl (C=O) groups excluding carboxylic acids is 1. The molecule has 2 aliphatic heterocycles. The van der Waals surface area contributed by atoms with E-state index in [1.54, 1.807) is 17.0 Å². The molecule has 0 aliphatic carbocycles. The minimum absolute atomic E-state index is 0.266. The van der Waals surface area contributed by atoms with Gasteiger partial charge in [-0.25, -0.2) is 9.89 Å². The molecule has 0 aromatic carbocycles. The molecule has 0 saturated heterocycles. The number of aryl methyl sites for hydroxylation is 1. The molecule has 0 amide bonds. The number of methoxy groups -OCH3 is 1. The first-order chi connectivity index (χ1) is 10.1. The van der Waals surface area contributed by atoms with Crippen molar-refractivity contribution < 1.29 is 9.53 Å². The Balaban J connectivity index is 2.12. The number of nitrogens with zero attached hydrogens (tertiary/aromatic N) is 3. The molecule has 0 spiro atoms. The summed E-state index contributed by atoms with van der Waals surface area (Å²) in [5.74, 6) is -0.521. The van der Waals surface area contributed by atoms with Crippen LogP contribution in [0.5, 0.6) is 0 Å². The number of esters is 1. The van der Waals surface area contributed by atoms with E-state index in [-0.39, 0.29) is 11.1 Å². The monoisotopic (exact) mass is 286 g/mol. The molecule has 1 aromatic heterocycles. The average Bonchev–Trinajstić information content (AvgIpc) is 3.05. The van der Waals surface area contributed by atoms with Gasteiger partial charge >= 0.3 is 5.97 Å². The molecule has 108 valence electrons. The van der Waals surface area contributed by atoms with Gasteiger partial charge in [0, 0.05) is 31.3 Å². The Kier molecular flexibility index (Phi) is 3.09. The van der Waals surface area contributed by atoms with Crippen LogP contribution in [-0.2, 0) is 18.3 Å². The fourth-order valence-corrected chi connectivity index (χ4v) is 2.29. The Morgan fingerprint density at radius 2 is 2.24 bits per heavy atom. The lowest BCUT2D eigenvalue weighted by Crippen LogP contribution is -2.13. The largest absolute Gasteiger partial charge is 0.465 e. The number of hydrogen-bond donors (Lipinski definition) is 1. The number of rotatable bonds is 3. The molecule has 21 heavy (non-hydrogen) atoms. The van der Waals surface area contributed by atoms with Gasteiger partial charge in [-0.15, -0.1) is 0 Å². The van der Waals surface area contributed by atoms with Gasteiger partial charge in [-0.1, -0.05) is 0 Å². The number of nitrogens with one attached hydrogen (secondary N) is 1. The molecule has 3 heterocycles. The van der Waals surface area contributed by atoms with Crippen LogP contribution in [0.1, 0.15) is 16.1 Å². The Morgan fingerprint density at radius 3 is 2.90 bits per heavy atom. The summed E-state index contributed by atoms with van der Waals surface area (Å²) in [6.45, 7) is 0.536. The highest BCUT2D eigenvalue weighted by molar-refractivity contribution is 5.95. The Morgan fingerprint density at radius 1 is 1.43 bits per heavy atom. The lowest BCUT2D eigenvalue weighted by Gasteiger charge is -2.12. The molecule has 1 aromatic rings. The normalized spacial score (nSPS) is 11.0. The molecule has 0 fully saturated rings. The van der Waals surface area contributed by atoms with Crippen LogP contribution in [-0.4, -0.2) is 32.4 Å². The van der Waals surface area contributed by atoms with E-state index in [0.717, 1.165) is 5.69 Å². The highest BCUT2D eigenvalue weighted by Gasteiger charge is 2.21. The SMILES string of the molecule is COC(=O)c1cn(Cc2cccn2C)cc2c(=O)[nH]nc1-2. The number of ether oxygens (including phenoxy) is 1. The Labute approximate surface area is 120 Å². The number of H-pyrrole nitrogens is 1.